The number of aryl methyl sites for hydroxylation is 1. The largest absolute Gasteiger partial charge is 0.490 e. The van der Waals surface area contributed by atoms with Gasteiger partial charge in [-0.2, -0.15) is 0 Å². The lowest BCUT2D eigenvalue weighted by Crippen LogP contribution is -2.29. The van der Waals surface area contributed by atoms with Crippen molar-refractivity contribution in [2.24, 2.45) is 0 Å². The third-order valence-electron chi connectivity index (χ3n) is 6.33. The molecule has 0 aliphatic carbocycles. The Morgan fingerprint density at radius 3 is 2.60 bits per heavy atom. The van der Waals surface area contributed by atoms with Crippen molar-refractivity contribution in [2.75, 3.05) is 24.7 Å². The summed E-state index contributed by atoms with van der Waals surface area (Å²) >= 11 is 4.45. The zero-order valence-corrected chi connectivity index (χ0v) is 24.8. The number of nitrogens with zero attached hydrogens (tertiary/aromatic N) is 2. The highest BCUT2D eigenvalue weighted by Crippen LogP contribution is 2.45. The molecule has 2 aromatic heterocycles. The Hall–Kier alpha value is -3.70. The Bertz CT molecular complexity index is 1680. The minimum Gasteiger partial charge on any atom is -0.490 e. The number of fused-ring (bicyclic) bond motifs is 2. The van der Waals surface area contributed by atoms with Gasteiger partial charge >= 0.3 is 5.97 Å². The zero-order chi connectivity index (χ0) is 28.6. The van der Waals surface area contributed by atoms with Crippen LogP contribution < -0.4 is 19.8 Å². The van der Waals surface area contributed by atoms with Crippen LogP contribution in [0.15, 0.2) is 50.1 Å². The van der Waals surface area contributed by atoms with Gasteiger partial charge in [-0.3, -0.25) is 14.5 Å². The standard InChI is InChI=1S/C29H27BrN2O7S/c1-5-12-38-20-10-8-16(13-21(20)36-6-2)23-22-24(33)18-14-17(30)9-11-19(18)39-25(22)27(34)32(23)29-31-15(4)26(40-29)28(35)37-7-3/h8-11,13-14,23H,5-7,12H2,1-4H3. The fourth-order valence-electron chi connectivity index (χ4n) is 4.62. The maximum Gasteiger partial charge on any atom is 0.350 e. The van der Waals surface area contributed by atoms with Gasteiger partial charge in [0.1, 0.15) is 10.5 Å². The Labute approximate surface area is 242 Å². The predicted octanol–water partition coefficient (Wildman–Crippen LogP) is 6.43. The summed E-state index contributed by atoms with van der Waals surface area (Å²) in [5.41, 5.74) is 1.17. The number of halogens is 1. The van der Waals surface area contributed by atoms with E-state index in [1.54, 1.807) is 50.2 Å². The van der Waals surface area contributed by atoms with Gasteiger partial charge in [0.25, 0.3) is 5.91 Å². The highest BCUT2D eigenvalue weighted by atomic mass is 79.9. The molecule has 1 amide bonds. The molecule has 1 aliphatic rings. The van der Waals surface area contributed by atoms with E-state index in [1.807, 2.05) is 13.8 Å². The molecule has 11 heteroatoms. The van der Waals surface area contributed by atoms with Gasteiger partial charge < -0.3 is 18.6 Å². The van der Waals surface area contributed by atoms with Crippen molar-refractivity contribution in [1.82, 2.24) is 4.98 Å². The summed E-state index contributed by atoms with van der Waals surface area (Å²) in [6, 6.07) is 9.51. The van der Waals surface area contributed by atoms with Gasteiger partial charge in [-0.25, -0.2) is 9.78 Å². The average molecular weight is 628 g/mol. The number of carbonyl (C=O) groups is 2. The lowest BCUT2D eigenvalue weighted by molar-refractivity contribution is 0.0531. The summed E-state index contributed by atoms with van der Waals surface area (Å²) in [6.07, 6.45) is 0.821. The summed E-state index contributed by atoms with van der Waals surface area (Å²) in [4.78, 5) is 46.7. The number of ether oxygens (including phenoxy) is 3. The van der Waals surface area contributed by atoms with Crippen molar-refractivity contribution in [3.8, 4) is 11.5 Å². The van der Waals surface area contributed by atoms with Crippen LogP contribution in [0.1, 0.15) is 70.3 Å². The van der Waals surface area contributed by atoms with E-state index in [-0.39, 0.29) is 33.4 Å². The van der Waals surface area contributed by atoms with E-state index in [2.05, 4.69) is 20.9 Å². The maximum absolute atomic E-state index is 14.0. The molecule has 1 aliphatic heterocycles. The molecule has 1 unspecified atom stereocenters. The van der Waals surface area contributed by atoms with Crippen molar-refractivity contribution in [3.05, 3.63) is 78.6 Å². The third kappa shape index (κ3) is 4.88. The quantitative estimate of drug-likeness (QED) is 0.195. The Morgan fingerprint density at radius 1 is 1.07 bits per heavy atom. The Morgan fingerprint density at radius 2 is 1.88 bits per heavy atom. The highest BCUT2D eigenvalue weighted by molar-refractivity contribution is 9.10. The third-order valence-corrected chi connectivity index (χ3v) is 7.96. The van der Waals surface area contributed by atoms with Crippen molar-refractivity contribution in [1.29, 1.82) is 0 Å². The van der Waals surface area contributed by atoms with Crippen LogP contribution in [0.3, 0.4) is 0 Å². The van der Waals surface area contributed by atoms with Crippen molar-refractivity contribution >= 4 is 55.2 Å². The number of anilines is 1. The molecule has 40 heavy (non-hydrogen) atoms. The van der Waals surface area contributed by atoms with E-state index in [0.717, 1.165) is 17.8 Å². The number of amides is 1. The molecule has 208 valence electrons. The molecule has 0 fully saturated rings. The minimum atomic E-state index is -0.887. The average Bonchev–Trinajstić information content (AvgIpc) is 3.46. The second-order valence-corrected chi connectivity index (χ2v) is 10.9. The van der Waals surface area contributed by atoms with Crippen LogP contribution in [-0.4, -0.2) is 36.7 Å². The van der Waals surface area contributed by atoms with Crippen molar-refractivity contribution in [2.45, 2.75) is 40.2 Å². The molecule has 0 saturated carbocycles. The van der Waals surface area contributed by atoms with Gasteiger partial charge in [0.05, 0.1) is 42.5 Å². The fraction of sp³-hybridized carbons (Fsp3) is 0.310. The highest BCUT2D eigenvalue weighted by Gasteiger charge is 2.45. The molecule has 9 nitrogen and oxygen atoms in total. The summed E-state index contributed by atoms with van der Waals surface area (Å²) < 4.78 is 23.7. The van der Waals surface area contributed by atoms with Gasteiger partial charge in [-0.1, -0.05) is 40.3 Å². The number of aromatic nitrogens is 1. The van der Waals surface area contributed by atoms with E-state index in [0.29, 0.717) is 51.4 Å². The Kier molecular flexibility index (Phi) is 7.95. The lowest BCUT2D eigenvalue weighted by atomic mass is 9.98. The molecular weight excluding hydrogens is 600 g/mol. The summed E-state index contributed by atoms with van der Waals surface area (Å²) in [5.74, 6) is -0.0715. The first kappa shape index (κ1) is 27.9. The van der Waals surface area contributed by atoms with Crippen molar-refractivity contribution < 1.29 is 28.2 Å². The number of benzene rings is 2. The number of hydrogen-bond donors (Lipinski definition) is 0. The number of rotatable bonds is 9. The molecule has 4 aromatic rings. The Balaban J connectivity index is 1.74. The van der Waals surface area contributed by atoms with E-state index < -0.39 is 17.9 Å². The van der Waals surface area contributed by atoms with Crippen LogP contribution in [0.4, 0.5) is 5.13 Å². The smallest absolute Gasteiger partial charge is 0.350 e. The minimum absolute atomic E-state index is 0.0698. The normalized spacial score (nSPS) is 14.5. The van der Waals surface area contributed by atoms with Gasteiger partial charge in [-0.05, 0) is 63.1 Å². The fourth-order valence-corrected chi connectivity index (χ4v) is 5.97. The molecule has 3 heterocycles. The SMILES string of the molecule is CCCOc1ccc(C2c3c(oc4ccc(Br)cc4c3=O)C(=O)N2c2nc(C)c(C(=O)OCC)s2)cc1OCC. The van der Waals surface area contributed by atoms with E-state index in [4.69, 9.17) is 18.6 Å². The first-order valence-corrected chi connectivity index (χ1v) is 14.5. The maximum atomic E-state index is 14.0. The number of thiazole rings is 1. The van der Waals surface area contributed by atoms with E-state index in [9.17, 15) is 14.4 Å². The number of carbonyl (C=O) groups excluding carboxylic acids is 2. The van der Waals surface area contributed by atoms with Gasteiger partial charge in [-0.15, -0.1) is 0 Å². The van der Waals surface area contributed by atoms with Crippen LogP contribution in [-0.2, 0) is 4.74 Å². The second kappa shape index (κ2) is 11.4. The number of esters is 1. The first-order valence-electron chi connectivity index (χ1n) is 12.9. The topological polar surface area (TPSA) is 108 Å². The van der Waals surface area contributed by atoms with Gasteiger partial charge in [0, 0.05) is 4.47 Å². The summed E-state index contributed by atoms with van der Waals surface area (Å²) in [5, 5.41) is 0.582. The van der Waals surface area contributed by atoms with E-state index in [1.165, 1.54) is 4.90 Å². The molecule has 0 radical (unpaired) electrons. The molecule has 0 spiro atoms. The zero-order valence-electron chi connectivity index (χ0n) is 22.4. The monoisotopic (exact) mass is 626 g/mol. The number of hydrogen-bond acceptors (Lipinski definition) is 9. The van der Waals surface area contributed by atoms with Gasteiger partial charge in [0.15, 0.2) is 22.1 Å². The van der Waals surface area contributed by atoms with Crippen LogP contribution in [0.25, 0.3) is 11.0 Å². The summed E-state index contributed by atoms with van der Waals surface area (Å²) in [6.45, 7) is 8.38. The van der Waals surface area contributed by atoms with Crippen LogP contribution in [0, 0.1) is 6.92 Å². The van der Waals surface area contributed by atoms with Crippen LogP contribution in [0.2, 0.25) is 0 Å². The molecular formula is C29H27BrN2O7S. The molecule has 0 N–H and O–H groups in total. The molecule has 5 rings (SSSR count). The van der Waals surface area contributed by atoms with Gasteiger partial charge in [0.2, 0.25) is 5.76 Å². The van der Waals surface area contributed by atoms with Crippen LogP contribution >= 0.6 is 27.3 Å². The molecule has 1 atom stereocenters. The molecule has 2 aromatic carbocycles. The predicted molar refractivity (Wildman–Crippen MR) is 155 cm³/mol. The molecule has 0 saturated heterocycles. The lowest BCUT2D eigenvalue weighted by Gasteiger charge is -2.23. The van der Waals surface area contributed by atoms with E-state index >= 15 is 0 Å². The first-order chi connectivity index (χ1) is 19.3. The second-order valence-electron chi connectivity index (χ2n) is 9.01. The van der Waals surface area contributed by atoms with Crippen LogP contribution in [0.5, 0.6) is 11.5 Å². The summed E-state index contributed by atoms with van der Waals surface area (Å²) in [7, 11) is 0. The van der Waals surface area contributed by atoms with Crippen molar-refractivity contribution in [3.63, 3.8) is 0 Å². The molecule has 0 bridgehead atoms.